The summed E-state index contributed by atoms with van der Waals surface area (Å²) in [7, 11) is 0. The average molecular weight is 354 g/mol. The topological polar surface area (TPSA) is 74.2 Å². The van der Waals surface area contributed by atoms with E-state index in [1.165, 1.54) is 10.6 Å². The molecule has 2 aromatic heterocycles. The van der Waals surface area contributed by atoms with Crippen LogP contribution in [-0.4, -0.2) is 30.0 Å². The highest BCUT2D eigenvalue weighted by molar-refractivity contribution is 7.19. The smallest absolute Gasteiger partial charge is 0.272 e. The predicted octanol–water partition coefficient (Wildman–Crippen LogP) is 3.72. The van der Waals surface area contributed by atoms with Crippen molar-refractivity contribution >= 4 is 38.8 Å². The molecule has 0 aliphatic carbocycles. The van der Waals surface area contributed by atoms with Crippen molar-refractivity contribution in [2.75, 3.05) is 23.3 Å². The highest BCUT2D eigenvalue weighted by Crippen LogP contribution is 2.26. The Morgan fingerprint density at radius 3 is 2.64 bits per heavy atom. The fourth-order valence-electron chi connectivity index (χ4n) is 3.28. The fraction of sp³-hybridized carbons (Fsp3) is 0.316. The van der Waals surface area contributed by atoms with E-state index in [1.54, 1.807) is 11.3 Å². The number of fused-ring (bicyclic) bond motifs is 1. The molecule has 1 aliphatic heterocycles. The molecule has 1 aromatic carbocycles. The van der Waals surface area contributed by atoms with Gasteiger partial charge in [0.25, 0.3) is 5.91 Å². The van der Waals surface area contributed by atoms with Crippen molar-refractivity contribution in [2.24, 2.45) is 5.73 Å². The number of aromatic amines is 1. The molecule has 0 radical (unpaired) electrons. The lowest BCUT2D eigenvalue weighted by Crippen LogP contribution is -2.39. The van der Waals surface area contributed by atoms with Crippen molar-refractivity contribution < 1.29 is 4.79 Å². The van der Waals surface area contributed by atoms with Gasteiger partial charge in [0.1, 0.15) is 5.69 Å². The van der Waals surface area contributed by atoms with Crippen LogP contribution in [0, 0.1) is 6.92 Å². The molecule has 5 nitrogen and oxygen atoms in total. The fourth-order valence-corrected chi connectivity index (χ4v) is 4.20. The monoisotopic (exact) mass is 354 g/mol. The van der Waals surface area contributed by atoms with Crippen molar-refractivity contribution in [3.63, 3.8) is 0 Å². The number of carbonyl (C=O) groups excluding carboxylic acids is 1. The Morgan fingerprint density at radius 2 is 1.96 bits per heavy atom. The van der Waals surface area contributed by atoms with Gasteiger partial charge in [0.15, 0.2) is 0 Å². The molecule has 0 unspecified atom stereocenters. The molecule has 1 aliphatic rings. The van der Waals surface area contributed by atoms with Crippen LogP contribution in [0.4, 0.5) is 11.4 Å². The number of rotatable bonds is 3. The molecule has 6 heteroatoms. The lowest BCUT2D eigenvalue weighted by Gasteiger charge is -2.32. The van der Waals surface area contributed by atoms with E-state index in [0.717, 1.165) is 41.8 Å². The van der Waals surface area contributed by atoms with Gasteiger partial charge in [-0.2, -0.15) is 0 Å². The summed E-state index contributed by atoms with van der Waals surface area (Å²) in [6.45, 7) is 4.05. The Bertz CT molecular complexity index is 856. The van der Waals surface area contributed by atoms with E-state index in [-0.39, 0.29) is 5.91 Å². The minimum absolute atomic E-state index is 0.113. The number of aryl methyl sites for hydroxylation is 1. The molecule has 3 aromatic rings. The van der Waals surface area contributed by atoms with Crippen LogP contribution in [0.2, 0.25) is 0 Å². The van der Waals surface area contributed by atoms with E-state index >= 15 is 0 Å². The molecule has 3 heterocycles. The number of H-pyrrole nitrogens is 1. The predicted molar refractivity (Wildman–Crippen MR) is 105 cm³/mol. The first-order valence-corrected chi connectivity index (χ1v) is 9.41. The zero-order valence-electron chi connectivity index (χ0n) is 14.2. The number of nitrogens with one attached hydrogen (secondary N) is 2. The quantitative estimate of drug-likeness (QED) is 0.671. The number of hydrogen-bond donors (Lipinski definition) is 3. The third-order valence-electron chi connectivity index (χ3n) is 4.70. The summed E-state index contributed by atoms with van der Waals surface area (Å²) in [5, 5.41) is 2.96. The van der Waals surface area contributed by atoms with Gasteiger partial charge in [-0.25, -0.2) is 0 Å². The second kappa shape index (κ2) is 6.54. The summed E-state index contributed by atoms with van der Waals surface area (Å²) in [6.07, 6.45) is 2.06. The second-order valence-corrected chi connectivity index (χ2v) is 7.93. The van der Waals surface area contributed by atoms with Gasteiger partial charge in [0.05, 0.1) is 10.2 Å². The number of nitrogens with zero attached hydrogens (tertiary/aromatic N) is 1. The molecule has 1 saturated heterocycles. The van der Waals surface area contributed by atoms with E-state index in [4.69, 9.17) is 5.73 Å². The first-order valence-electron chi connectivity index (χ1n) is 8.59. The Labute approximate surface area is 150 Å². The highest BCUT2D eigenvalue weighted by atomic mass is 32.1. The van der Waals surface area contributed by atoms with E-state index < -0.39 is 0 Å². The summed E-state index contributed by atoms with van der Waals surface area (Å²) >= 11 is 1.69. The van der Waals surface area contributed by atoms with E-state index in [0.29, 0.717) is 11.7 Å². The summed E-state index contributed by atoms with van der Waals surface area (Å²) in [5.41, 5.74) is 9.56. The number of carbonyl (C=O) groups is 1. The van der Waals surface area contributed by atoms with Gasteiger partial charge < -0.3 is 20.9 Å². The van der Waals surface area contributed by atoms with Crippen LogP contribution < -0.4 is 16.0 Å². The number of benzene rings is 1. The standard InChI is InChI=1S/C19H22N4OS/c1-12-10-16-18(25-12)11-17(22-16)19(24)21-14-2-4-15(5-3-14)23-8-6-13(20)7-9-23/h2-5,10-11,13,22H,6-9,20H2,1H3,(H,21,24). The number of piperidine rings is 1. The van der Waals surface area contributed by atoms with Crippen LogP contribution >= 0.6 is 11.3 Å². The van der Waals surface area contributed by atoms with Gasteiger partial charge in [0.2, 0.25) is 0 Å². The van der Waals surface area contributed by atoms with Crippen molar-refractivity contribution in [3.05, 3.63) is 47.0 Å². The van der Waals surface area contributed by atoms with Crippen molar-refractivity contribution in [2.45, 2.75) is 25.8 Å². The summed E-state index contributed by atoms with van der Waals surface area (Å²) in [4.78, 5) is 19.2. The molecule has 4 N–H and O–H groups in total. The molecular formula is C19H22N4OS. The Balaban J connectivity index is 1.43. The SMILES string of the molecule is Cc1cc2[nH]c(C(=O)Nc3ccc(N4CCC(N)CC4)cc3)cc2s1. The molecule has 1 fully saturated rings. The molecule has 4 rings (SSSR count). The van der Waals surface area contributed by atoms with Crippen LogP contribution in [0.3, 0.4) is 0 Å². The number of nitrogens with two attached hydrogens (primary N) is 1. The molecule has 1 amide bonds. The number of hydrogen-bond acceptors (Lipinski definition) is 4. The number of thiophene rings is 1. The van der Waals surface area contributed by atoms with Crippen LogP contribution in [0.1, 0.15) is 28.2 Å². The van der Waals surface area contributed by atoms with Crippen LogP contribution in [0.15, 0.2) is 36.4 Å². The Kier molecular flexibility index (Phi) is 4.23. The van der Waals surface area contributed by atoms with E-state index in [2.05, 4.69) is 40.3 Å². The molecule has 130 valence electrons. The van der Waals surface area contributed by atoms with E-state index in [9.17, 15) is 4.79 Å². The first-order chi connectivity index (χ1) is 12.1. The molecule has 0 atom stereocenters. The van der Waals surface area contributed by atoms with Gasteiger partial charge in [-0.3, -0.25) is 4.79 Å². The normalized spacial score (nSPS) is 15.7. The van der Waals surface area contributed by atoms with Crippen LogP contribution in [0.5, 0.6) is 0 Å². The molecule has 0 bridgehead atoms. The second-order valence-electron chi connectivity index (χ2n) is 6.64. The first kappa shape index (κ1) is 16.2. The molecular weight excluding hydrogens is 332 g/mol. The van der Waals surface area contributed by atoms with Crippen LogP contribution in [0.25, 0.3) is 10.2 Å². The third-order valence-corrected chi connectivity index (χ3v) is 5.70. The molecule has 0 spiro atoms. The minimum atomic E-state index is -0.113. The summed E-state index contributed by atoms with van der Waals surface area (Å²) in [5.74, 6) is -0.113. The maximum Gasteiger partial charge on any atom is 0.272 e. The van der Waals surface area contributed by atoms with Crippen molar-refractivity contribution in [1.82, 2.24) is 4.98 Å². The van der Waals surface area contributed by atoms with Gasteiger partial charge in [-0.1, -0.05) is 0 Å². The third kappa shape index (κ3) is 3.41. The summed E-state index contributed by atoms with van der Waals surface area (Å²) < 4.78 is 1.11. The lowest BCUT2D eigenvalue weighted by molar-refractivity contribution is 0.102. The summed E-state index contributed by atoms with van der Waals surface area (Å²) in [6, 6.07) is 12.3. The van der Waals surface area contributed by atoms with Gasteiger partial charge in [-0.05, 0) is 56.2 Å². The number of amides is 1. The van der Waals surface area contributed by atoms with Gasteiger partial charge in [-0.15, -0.1) is 11.3 Å². The molecule has 0 saturated carbocycles. The molecule has 25 heavy (non-hydrogen) atoms. The Morgan fingerprint density at radius 1 is 1.24 bits per heavy atom. The zero-order chi connectivity index (χ0) is 17.4. The average Bonchev–Trinajstić information content (AvgIpc) is 3.14. The van der Waals surface area contributed by atoms with Crippen LogP contribution in [-0.2, 0) is 0 Å². The minimum Gasteiger partial charge on any atom is -0.371 e. The van der Waals surface area contributed by atoms with Crippen molar-refractivity contribution in [1.29, 1.82) is 0 Å². The Hall–Kier alpha value is -2.31. The maximum absolute atomic E-state index is 12.4. The lowest BCUT2D eigenvalue weighted by atomic mass is 10.1. The van der Waals surface area contributed by atoms with Crippen molar-refractivity contribution in [3.8, 4) is 0 Å². The van der Waals surface area contributed by atoms with Gasteiger partial charge in [0, 0.05) is 35.4 Å². The highest BCUT2D eigenvalue weighted by Gasteiger charge is 2.16. The number of anilines is 2. The van der Waals surface area contributed by atoms with Gasteiger partial charge >= 0.3 is 0 Å². The maximum atomic E-state index is 12.4. The largest absolute Gasteiger partial charge is 0.371 e. The van der Waals surface area contributed by atoms with E-state index in [1.807, 2.05) is 18.2 Å². The number of aromatic nitrogens is 1. The zero-order valence-corrected chi connectivity index (χ0v) is 15.0.